The molecule has 122 valence electrons. The van der Waals surface area contributed by atoms with Crippen LogP contribution in [-0.4, -0.2) is 26.8 Å². The molecule has 2 heterocycles. The van der Waals surface area contributed by atoms with Gasteiger partial charge in [-0.15, -0.1) is 10.2 Å². The van der Waals surface area contributed by atoms with Crippen LogP contribution in [0.15, 0.2) is 52.2 Å². The first-order valence-corrected chi connectivity index (χ1v) is 8.35. The topological polar surface area (TPSA) is 80.9 Å². The van der Waals surface area contributed by atoms with E-state index in [4.69, 9.17) is 4.42 Å². The Morgan fingerprint density at radius 2 is 2.08 bits per heavy atom. The highest BCUT2D eigenvalue weighted by Crippen LogP contribution is 2.22. The molecule has 0 radical (unpaired) electrons. The number of rotatable bonds is 5. The van der Waals surface area contributed by atoms with E-state index in [0.29, 0.717) is 16.8 Å². The monoisotopic (exact) mass is 340 g/mol. The number of carbonyl (C=O) groups excluding carboxylic acids is 1. The van der Waals surface area contributed by atoms with Crippen LogP contribution in [-0.2, 0) is 4.79 Å². The molecule has 0 saturated carbocycles. The summed E-state index contributed by atoms with van der Waals surface area (Å²) >= 11 is 1.19. The lowest BCUT2D eigenvalue weighted by Gasteiger charge is -2.08. The number of aromatic nitrogens is 3. The third kappa shape index (κ3) is 3.99. The van der Waals surface area contributed by atoms with Gasteiger partial charge in [-0.1, -0.05) is 35.5 Å². The maximum Gasteiger partial charge on any atom is 0.277 e. The number of hydrogen-bond donors (Lipinski definition) is 1. The van der Waals surface area contributed by atoms with Crippen LogP contribution in [0.25, 0.3) is 11.6 Å². The van der Waals surface area contributed by atoms with Crippen molar-refractivity contribution in [2.75, 3.05) is 11.1 Å². The van der Waals surface area contributed by atoms with Crippen LogP contribution in [0.4, 0.5) is 5.69 Å². The van der Waals surface area contributed by atoms with Crippen LogP contribution < -0.4 is 5.32 Å². The Morgan fingerprint density at radius 3 is 2.83 bits per heavy atom. The fraction of sp³-hybridized carbons (Fsp3) is 0.176. The number of anilines is 1. The summed E-state index contributed by atoms with van der Waals surface area (Å²) < 4.78 is 5.51. The van der Waals surface area contributed by atoms with Crippen LogP contribution in [0.5, 0.6) is 0 Å². The average Bonchev–Trinajstić information content (AvgIpc) is 3.05. The van der Waals surface area contributed by atoms with Crippen LogP contribution in [0.1, 0.15) is 11.1 Å². The van der Waals surface area contributed by atoms with Crippen molar-refractivity contribution in [3.05, 3.63) is 53.7 Å². The van der Waals surface area contributed by atoms with Crippen molar-refractivity contribution in [3.8, 4) is 11.6 Å². The van der Waals surface area contributed by atoms with E-state index in [1.807, 2.05) is 44.2 Å². The van der Waals surface area contributed by atoms with Crippen molar-refractivity contribution in [1.29, 1.82) is 0 Å². The molecule has 0 saturated heterocycles. The van der Waals surface area contributed by atoms with Gasteiger partial charge in [-0.2, -0.15) is 0 Å². The number of pyridine rings is 1. The summed E-state index contributed by atoms with van der Waals surface area (Å²) in [7, 11) is 0. The number of amides is 1. The first kappa shape index (κ1) is 16.2. The molecular weight excluding hydrogens is 324 g/mol. The van der Waals surface area contributed by atoms with Gasteiger partial charge in [0.1, 0.15) is 5.69 Å². The van der Waals surface area contributed by atoms with E-state index in [-0.39, 0.29) is 11.7 Å². The van der Waals surface area contributed by atoms with E-state index in [2.05, 4.69) is 20.5 Å². The highest BCUT2D eigenvalue weighted by molar-refractivity contribution is 7.99. The second-order valence-corrected chi connectivity index (χ2v) is 6.17. The van der Waals surface area contributed by atoms with Crippen molar-refractivity contribution in [1.82, 2.24) is 15.2 Å². The molecule has 0 aliphatic heterocycles. The molecule has 24 heavy (non-hydrogen) atoms. The van der Waals surface area contributed by atoms with Crippen molar-refractivity contribution in [3.63, 3.8) is 0 Å². The minimum Gasteiger partial charge on any atom is -0.410 e. The SMILES string of the molecule is Cc1ccc(NC(=O)CSc2nnc(-c3ccccn3)o2)c(C)c1. The van der Waals surface area contributed by atoms with E-state index in [1.165, 1.54) is 11.8 Å². The standard InChI is InChI=1S/C17H16N4O2S/c1-11-6-7-13(12(2)9-11)19-15(22)10-24-17-21-20-16(23-17)14-5-3-4-8-18-14/h3-9H,10H2,1-2H3,(H,19,22). The largest absolute Gasteiger partial charge is 0.410 e. The third-order valence-corrected chi connectivity index (χ3v) is 4.09. The lowest BCUT2D eigenvalue weighted by atomic mass is 10.1. The number of nitrogens with one attached hydrogen (secondary N) is 1. The molecule has 1 aromatic carbocycles. The lowest BCUT2D eigenvalue weighted by molar-refractivity contribution is -0.113. The fourth-order valence-corrected chi connectivity index (χ4v) is 2.69. The molecule has 0 aliphatic rings. The van der Waals surface area contributed by atoms with Crippen molar-refractivity contribution >= 4 is 23.4 Å². The average molecular weight is 340 g/mol. The molecule has 0 fully saturated rings. The normalized spacial score (nSPS) is 10.6. The Bertz CT molecular complexity index is 849. The quantitative estimate of drug-likeness (QED) is 0.716. The smallest absolute Gasteiger partial charge is 0.277 e. The first-order chi connectivity index (χ1) is 11.6. The van der Waals surface area contributed by atoms with E-state index in [0.717, 1.165) is 16.8 Å². The lowest BCUT2D eigenvalue weighted by Crippen LogP contribution is -2.14. The van der Waals surface area contributed by atoms with Gasteiger partial charge in [0.05, 0.1) is 5.75 Å². The zero-order valence-corrected chi connectivity index (χ0v) is 14.1. The molecule has 2 aromatic heterocycles. The van der Waals surface area contributed by atoms with Gasteiger partial charge in [0.25, 0.3) is 11.1 Å². The fourth-order valence-electron chi connectivity index (χ4n) is 2.13. The van der Waals surface area contributed by atoms with Gasteiger partial charge in [0, 0.05) is 11.9 Å². The van der Waals surface area contributed by atoms with E-state index in [9.17, 15) is 4.79 Å². The summed E-state index contributed by atoms with van der Waals surface area (Å²) in [6.45, 7) is 3.98. The highest BCUT2D eigenvalue weighted by Gasteiger charge is 2.12. The molecule has 3 rings (SSSR count). The predicted octanol–water partition coefficient (Wildman–Crippen LogP) is 3.48. The van der Waals surface area contributed by atoms with Gasteiger partial charge in [0.15, 0.2) is 0 Å². The van der Waals surface area contributed by atoms with Crippen LogP contribution in [0.2, 0.25) is 0 Å². The van der Waals surface area contributed by atoms with Crippen molar-refractivity contribution in [2.24, 2.45) is 0 Å². The maximum absolute atomic E-state index is 12.1. The molecule has 7 heteroatoms. The summed E-state index contributed by atoms with van der Waals surface area (Å²) in [5.41, 5.74) is 3.61. The number of aryl methyl sites for hydroxylation is 2. The summed E-state index contributed by atoms with van der Waals surface area (Å²) in [6.07, 6.45) is 1.66. The minimum absolute atomic E-state index is 0.121. The maximum atomic E-state index is 12.1. The van der Waals surface area contributed by atoms with Gasteiger partial charge in [0.2, 0.25) is 5.91 Å². The van der Waals surface area contributed by atoms with E-state index in [1.54, 1.807) is 12.3 Å². The molecule has 6 nitrogen and oxygen atoms in total. The second-order valence-electron chi connectivity index (χ2n) is 5.24. The third-order valence-electron chi connectivity index (χ3n) is 3.27. The summed E-state index contributed by atoms with van der Waals surface area (Å²) in [5, 5.41) is 11.1. The molecule has 0 atom stereocenters. The van der Waals surface area contributed by atoms with E-state index >= 15 is 0 Å². The summed E-state index contributed by atoms with van der Waals surface area (Å²) in [5.74, 6) is 0.411. The number of carbonyl (C=O) groups is 1. The van der Waals surface area contributed by atoms with Gasteiger partial charge < -0.3 is 9.73 Å². The molecule has 0 spiro atoms. The van der Waals surface area contributed by atoms with Crippen LogP contribution in [0, 0.1) is 13.8 Å². The van der Waals surface area contributed by atoms with Gasteiger partial charge in [-0.05, 0) is 37.6 Å². The molecule has 3 aromatic rings. The number of hydrogen-bond acceptors (Lipinski definition) is 6. The Hall–Kier alpha value is -2.67. The molecule has 0 aliphatic carbocycles. The summed E-state index contributed by atoms with van der Waals surface area (Å²) in [4.78, 5) is 16.2. The Kier molecular flexibility index (Phi) is 4.90. The molecular formula is C17H16N4O2S. The molecule has 0 bridgehead atoms. The second kappa shape index (κ2) is 7.27. The van der Waals surface area contributed by atoms with E-state index < -0.39 is 0 Å². The summed E-state index contributed by atoms with van der Waals surface area (Å²) in [6, 6.07) is 11.3. The van der Waals surface area contributed by atoms with Crippen LogP contribution in [0.3, 0.4) is 0 Å². The van der Waals surface area contributed by atoms with Crippen molar-refractivity contribution in [2.45, 2.75) is 19.1 Å². The Labute approximate surface area is 143 Å². The Morgan fingerprint density at radius 1 is 1.21 bits per heavy atom. The van der Waals surface area contributed by atoms with Gasteiger partial charge in [-0.25, -0.2) is 0 Å². The molecule has 1 N–H and O–H groups in total. The number of nitrogens with zero attached hydrogens (tertiary/aromatic N) is 3. The Balaban J connectivity index is 1.58. The molecule has 1 amide bonds. The van der Waals surface area contributed by atoms with Crippen molar-refractivity contribution < 1.29 is 9.21 Å². The predicted molar refractivity (Wildman–Crippen MR) is 92.8 cm³/mol. The van der Waals surface area contributed by atoms with Gasteiger partial charge >= 0.3 is 0 Å². The zero-order valence-electron chi connectivity index (χ0n) is 13.3. The highest BCUT2D eigenvalue weighted by atomic mass is 32.2. The first-order valence-electron chi connectivity index (χ1n) is 7.36. The van der Waals surface area contributed by atoms with Crippen LogP contribution >= 0.6 is 11.8 Å². The minimum atomic E-state index is -0.121. The molecule has 0 unspecified atom stereocenters. The number of benzene rings is 1. The zero-order chi connectivity index (χ0) is 16.9. The van der Waals surface area contributed by atoms with Gasteiger partial charge in [-0.3, -0.25) is 9.78 Å². The number of thioether (sulfide) groups is 1.